The predicted molar refractivity (Wildman–Crippen MR) is 79.7 cm³/mol. The van der Waals surface area contributed by atoms with Crippen LogP contribution in [-0.2, 0) is 0 Å². The average molecular weight is 262 g/mol. The van der Waals surface area contributed by atoms with Crippen molar-refractivity contribution < 1.29 is 0 Å². The summed E-state index contributed by atoms with van der Waals surface area (Å²) in [6.07, 6.45) is 7.98. The van der Waals surface area contributed by atoms with Gasteiger partial charge in [-0.3, -0.25) is 0 Å². The molecule has 0 saturated carbocycles. The van der Waals surface area contributed by atoms with Crippen LogP contribution in [0.3, 0.4) is 0 Å². The topological polar surface area (TPSA) is 16.1 Å². The lowest BCUT2D eigenvalue weighted by atomic mass is 10.1. The van der Waals surface area contributed by atoms with E-state index in [-0.39, 0.29) is 0 Å². The molecule has 1 heterocycles. The van der Waals surface area contributed by atoms with Crippen LogP contribution in [0.15, 0.2) is 23.2 Å². The van der Waals surface area contributed by atoms with E-state index in [0.29, 0.717) is 0 Å². The van der Waals surface area contributed by atoms with Gasteiger partial charge < -0.3 is 4.90 Å². The maximum absolute atomic E-state index is 4.58. The molecule has 1 aliphatic carbocycles. The van der Waals surface area contributed by atoms with Gasteiger partial charge in [-0.25, -0.2) is 4.98 Å². The quantitative estimate of drug-likeness (QED) is 0.762. The Bertz CT molecular complexity index is 451. The molecule has 0 bridgehead atoms. The third-order valence-electron chi connectivity index (χ3n) is 3.19. The van der Waals surface area contributed by atoms with Crippen molar-refractivity contribution in [2.24, 2.45) is 0 Å². The zero-order valence-corrected chi connectivity index (χ0v) is 12.4. The van der Waals surface area contributed by atoms with Crippen molar-refractivity contribution in [1.29, 1.82) is 0 Å². The summed E-state index contributed by atoms with van der Waals surface area (Å²) in [5.41, 5.74) is 3.99. The molecule has 18 heavy (non-hydrogen) atoms. The molecule has 0 amide bonds. The Morgan fingerprint density at radius 1 is 1.22 bits per heavy atom. The van der Waals surface area contributed by atoms with E-state index in [1.165, 1.54) is 24.1 Å². The lowest BCUT2D eigenvalue weighted by molar-refractivity contribution is 0.341. The van der Waals surface area contributed by atoms with Crippen LogP contribution < -0.4 is 0 Å². The fourth-order valence-electron chi connectivity index (χ4n) is 2.35. The second-order valence-corrected chi connectivity index (χ2v) is 5.83. The van der Waals surface area contributed by atoms with Gasteiger partial charge in [-0.05, 0) is 31.4 Å². The van der Waals surface area contributed by atoms with E-state index in [1.807, 2.05) is 0 Å². The number of thiazole rings is 1. The van der Waals surface area contributed by atoms with Crippen LogP contribution in [0.2, 0.25) is 0 Å². The number of hydrogen-bond acceptors (Lipinski definition) is 3. The summed E-state index contributed by atoms with van der Waals surface area (Å²) in [6, 6.07) is 0. The highest BCUT2D eigenvalue weighted by Gasteiger charge is 2.16. The summed E-state index contributed by atoms with van der Waals surface area (Å²) in [5, 5.41) is 3.32. The molecule has 0 aromatic carbocycles. The number of aromatic nitrogens is 1. The Labute approximate surface area is 114 Å². The summed E-state index contributed by atoms with van der Waals surface area (Å²) < 4.78 is 0. The van der Waals surface area contributed by atoms with E-state index in [9.17, 15) is 0 Å². The Balaban J connectivity index is 2.00. The van der Waals surface area contributed by atoms with Gasteiger partial charge in [0, 0.05) is 30.6 Å². The number of rotatable bonds is 6. The SMILES string of the molecule is CCCN(CCC)C1=CC=C(c2csc(C)n2)C1. The Hall–Kier alpha value is -1.09. The van der Waals surface area contributed by atoms with Gasteiger partial charge >= 0.3 is 0 Å². The highest BCUT2D eigenvalue weighted by molar-refractivity contribution is 7.09. The fraction of sp³-hybridized carbons (Fsp3) is 0.533. The van der Waals surface area contributed by atoms with Crippen LogP contribution >= 0.6 is 11.3 Å². The summed E-state index contributed by atoms with van der Waals surface area (Å²) in [5.74, 6) is 0. The van der Waals surface area contributed by atoms with E-state index in [0.717, 1.165) is 30.2 Å². The summed E-state index contributed by atoms with van der Waals surface area (Å²) >= 11 is 1.73. The molecule has 0 atom stereocenters. The van der Waals surface area contributed by atoms with E-state index in [1.54, 1.807) is 11.3 Å². The molecule has 0 spiro atoms. The first-order valence-corrected chi connectivity index (χ1v) is 7.69. The first-order valence-electron chi connectivity index (χ1n) is 6.81. The molecular weight excluding hydrogens is 240 g/mol. The molecule has 1 aromatic heterocycles. The molecular formula is C15H22N2S. The van der Waals surface area contributed by atoms with Crippen LogP contribution in [0.25, 0.3) is 5.57 Å². The molecule has 98 valence electrons. The maximum atomic E-state index is 4.58. The van der Waals surface area contributed by atoms with Crippen LogP contribution in [0.4, 0.5) is 0 Å². The van der Waals surface area contributed by atoms with Gasteiger partial charge in [0.1, 0.15) is 0 Å². The molecule has 2 nitrogen and oxygen atoms in total. The van der Waals surface area contributed by atoms with Gasteiger partial charge in [-0.15, -0.1) is 11.3 Å². The smallest absolute Gasteiger partial charge is 0.0901 e. The normalized spacial score (nSPS) is 14.6. The molecule has 0 aliphatic heterocycles. The standard InChI is InChI=1S/C15H22N2S/c1-4-8-17(9-5-2)14-7-6-13(10-14)15-11-18-12(3)16-15/h6-7,11H,4-5,8-10H2,1-3H3. The van der Waals surface area contributed by atoms with Crippen molar-refractivity contribution in [1.82, 2.24) is 9.88 Å². The van der Waals surface area contributed by atoms with Gasteiger partial charge in [-0.1, -0.05) is 19.9 Å². The van der Waals surface area contributed by atoms with Gasteiger partial charge in [-0.2, -0.15) is 0 Å². The minimum Gasteiger partial charge on any atom is -0.375 e. The van der Waals surface area contributed by atoms with E-state index in [2.05, 4.69) is 48.2 Å². The van der Waals surface area contributed by atoms with Crippen molar-refractivity contribution in [3.05, 3.63) is 33.9 Å². The first-order chi connectivity index (χ1) is 8.74. The number of allylic oxidation sites excluding steroid dienone is 3. The molecule has 0 unspecified atom stereocenters. The van der Waals surface area contributed by atoms with Crippen molar-refractivity contribution in [2.45, 2.75) is 40.0 Å². The number of hydrogen-bond donors (Lipinski definition) is 0. The molecule has 2 rings (SSSR count). The monoisotopic (exact) mass is 262 g/mol. The maximum Gasteiger partial charge on any atom is 0.0901 e. The molecule has 1 aliphatic rings. The Kier molecular flexibility index (Phi) is 4.59. The minimum atomic E-state index is 1.04. The van der Waals surface area contributed by atoms with Gasteiger partial charge in [0.25, 0.3) is 0 Å². The third-order valence-corrected chi connectivity index (χ3v) is 3.96. The Morgan fingerprint density at radius 2 is 1.94 bits per heavy atom. The lowest BCUT2D eigenvalue weighted by Gasteiger charge is -2.25. The van der Waals surface area contributed by atoms with Gasteiger partial charge in [0.15, 0.2) is 0 Å². The average Bonchev–Trinajstić information content (AvgIpc) is 2.97. The second-order valence-electron chi connectivity index (χ2n) is 4.77. The molecule has 0 N–H and O–H groups in total. The minimum absolute atomic E-state index is 1.04. The van der Waals surface area contributed by atoms with Crippen molar-refractivity contribution in [3.8, 4) is 0 Å². The molecule has 1 aromatic rings. The first kappa shape index (κ1) is 13.3. The van der Waals surface area contributed by atoms with Crippen molar-refractivity contribution in [3.63, 3.8) is 0 Å². The highest BCUT2D eigenvalue weighted by Crippen LogP contribution is 2.30. The highest BCUT2D eigenvalue weighted by atomic mass is 32.1. The molecule has 0 saturated heterocycles. The fourth-order valence-corrected chi connectivity index (χ4v) is 2.99. The molecule has 3 heteroatoms. The third kappa shape index (κ3) is 3.02. The van der Waals surface area contributed by atoms with Gasteiger partial charge in [0.05, 0.1) is 10.7 Å². The summed E-state index contributed by atoms with van der Waals surface area (Å²) in [4.78, 5) is 7.09. The van der Waals surface area contributed by atoms with Crippen LogP contribution in [0.5, 0.6) is 0 Å². The lowest BCUT2D eigenvalue weighted by Crippen LogP contribution is -2.24. The van der Waals surface area contributed by atoms with Crippen LogP contribution in [0, 0.1) is 6.92 Å². The van der Waals surface area contributed by atoms with Crippen LogP contribution in [-0.4, -0.2) is 23.0 Å². The second kappa shape index (κ2) is 6.19. The van der Waals surface area contributed by atoms with E-state index < -0.39 is 0 Å². The van der Waals surface area contributed by atoms with Gasteiger partial charge in [0.2, 0.25) is 0 Å². The zero-order valence-electron chi connectivity index (χ0n) is 11.6. The predicted octanol–water partition coefficient (Wildman–Crippen LogP) is 4.24. The summed E-state index contributed by atoms with van der Waals surface area (Å²) in [7, 11) is 0. The van der Waals surface area contributed by atoms with Crippen molar-refractivity contribution in [2.75, 3.05) is 13.1 Å². The summed E-state index contributed by atoms with van der Waals surface area (Å²) in [6.45, 7) is 8.89. The number of aryl methyl sites for hydroxylation is 1. The number of nitrogens with zero attached hydrogens (tertiary/aromatic N) is 2. The molecule has 0 fully saturated rings. The van der Waals surface area contributed by atoms with E-state index in [4.69, 9.17) is 0 Å². The van der Waals surface area contributed by atoms with Crippen molar-refractivity contribution >= 4 is 16.9 Å². The van der Waals surface area contributed by atoms with Crippen LogP contribution in [0.1, 0.15) is 43.8 Å². The largest absolute Gasteiger partial charge is 0.375 e. The van der Waals surface area contributed by atoms with E-state index >= 15 is 0 Å². The Morgan fingerprint density at radius 3 is 2.50 bits per heavy atom. The molecule has 0 radical (unpaired) electrons. The zero-order chi connectivity index (χ0) is 13.0.